The standard InChI is InChI=1S/C24H28N2O3S/c1-29-21-11-8-17(9-12-21)15-26(20-5-3-2-4-6-20)16-18-7-10-19-14-23(24(27)25-28)30-22(19)13-18/h7-14,20,28H,2-6,15-16H2,1H3,(H,25,27). The van der Waals surface area contributed by atoms with Gasteiger partial charge in [-0.15, -0.1) is 11.3 Å². The summed E-state index contributed by atoms with van der Waals surface area (Å²) >= 11 is 1.41. The highest BCUT2D eigenvalue weighted by Gasteiger charge is 2.22. The average Bonchev–Trinajstić information content (AvgIpc) is 3.22. The number of ether oxygens (including phenoxy) is 1. The van der Waals surface area contributed by atoms with Gasteiger partial charge in [0.05, 0.1) is 12.0 Å². The first-order chi connectivity index (χ1) is 14.7. The second kappa shape index (κ2) is 9.60. The van der Waals surface area contributed by atoms with Gasteiger partial charge in [-0.25, -0.2) is 5.48 Å². The van der Waals surface area contributed by atoms with Crippen LogP contribution in [0.5, 0.6) is 5.75 Å². The fourth-order valence-electron chi connectivity index (χ4n) is 4.30. The van der Waals surface area contributed by atoms with Gasteiger partial charge in [0.1, 0.15) is 5.75 Å². The largest absolute Gasteiger partial charge is 0.497 e. The quantitative estimate of drug-likeness (QED) is 0.396. The molecule has 2 aromatic carbocycles. The molecule has 1 amide bonds. The van der Waals surface area contributed by atoms with Gasteiger partial charge in [0.15, 0.2) is 0 Å². The van der Waals surface area contributed by atoms with Crippen LogP contribution in [0.2, 0.25) is 0 Å². The highest BCUT2D eigenvalue weighted by Crippen LogP contribution is 2.30. The van der Waals surface area contributed by atoms with E-state index in [0.717, 1.165) is 28.9 Å². The van der Waals surface area contributed by atoms with Crippen LogP contribution in [-0.2, 0) is 13.1 Å². The van der Waals surface area contributed by atoms with Crippen LogP contribution in [-0.4, -0.2) is 29.2 Å². The molecule has 0 aliphatic heterocycles. The third kappa shape index (κ3) is 4.83. The van der Waals surface area contributed by atoms with Gasteiger partial charge in [-0.1, -0.05) is 43.5 Å². The van der Waals surface area contributed by atoms with Crippen LogP contribution in [0, 0.1) is 0 Å². The van der Waals surface area contributed by atoms with E-state index in [1.165, 1.54) is 54.6 Å². The van der Waals surface area contributed by atoms with Crippen molar-refractivity contribution >= 4 is 27.3 Å². The van der Waals surface area contributed by atoms with Crippen molar-refractivity contribution < 1.29 is 14.7 Å². The van der Waals surface area contributed by atoms with Gasteiger partial charge in [-0.2, -0.15) is 0 Å². The van der Waals surface area contributed by atoms with Crippen LogP contribution in [0.15, 0.2) is 48.5 Å². The Hall–Kier alpha value is -2.41. The lowest BCUT2D eigenvalue weighted by atomic mass is 9.93. The number of nitrogens with one attached hydrogen (secondary N) is 1. The van der Waals surface area contributed by atoms with Crippen LogP contribution in [0.4, 0.5) is 0 Å². The van der Waals surface area contributed by atoms with Crippen LogP contribution >= 0.6 is 11.3 Å². The molecule has 1 aliphatic rings. The van der Waals surface area contributed by atoms with E-state index in [1.807, 2.05) is 18.2 Å². The predicted molar refractivity (Wildman–Crippen MR) is 120 cm³/mol. The van der Waals surface area contributed by atoms with E-state index in [4.69, 9.17) is 9.94 Å². The van der Waals surface area contributed by atoms with Crippen molar-refractivity contribution in [2.24, 2.45) is 0 Å². The predicted octanol–water partition coefficient (Wildman–Crippen LogP) is 5.36. The molecule has 0 spiro atoms. The summed E-state index contributed by atoms with van der Waals surface area (Å²) in [6, 6.07) is 17.2. The van der Waals surface area contributed by atoms with E-state index in [2.05, 4.69) is 35.2 Å². The normalized spacial score (nSPS) is 14.9. The molecule has 1 aromatic heterocycles. The van der Waals surface area contributed by atoms with Crippen molar-refractivity contribution in [3.63, 3.8) is 0 Å². The van der Waals surface area contributed by atoms with E-state index in [0.29, 0.717) is 10.9 Å². The van der Waals surface area contributed by atoms with Crippen LogP contribution < -0.4 is 10.2 Å². The van der Waals surface area contributed by atoms with Gasteiger partial charge in [0.25, 0.3) is 5.91 Å². The Labute approximate surface area is 181 Å². The molecule has 1 heterocycles. The number of benzene rings is 2. The third-order valence-corrected chi connectivity index (χ3v) is 7.03. The summed E-state index contributed by atoms with van der Waals surface area (Å²) in [5.41, 5.74) is 4.26. The van der Waals surface area contributed by atoms with E-state index in [1.54, 1.807) is 12.6 Å². The molecule has 0 saturated heterocycles. The topological polar surface area (TPSA) is 61.8 Å². The lowest BCUT2D eigenvalue weighted by Crippen LogP contribution is -2.35. The fraction of sp³-hybridized carbons (Fsp3) is 0.375. The molecule has 1 aliphatic carbocycles. The molecule has 6 heteroatoms. The van der Waals surface area contributed by atoms with Crippen molar-refractivity contribution in [3.05, 3.63) is 64.5 Å². The minimum absolute atomic E-state index is 0.457. The molecule has 0 unspecified atom stereocenters. The molecule has 158 valence electrons. The van der Waals surface area contributed by atoms with Gasteiger partial charge in [0, 0.05) is 23.8 Å². The molecule has 30 heavy (non-hydrogen) atoms. The van der Waals surface area contributed by atoms with E-state index >= 15 is 0 Å². The molecular weight excluding hydrogens is 396 g/mol. The SMILES string of the molecule is COc1ccc(CN(Cc2ccc3cc(C(=O)NO)sc3c2)C2CCCCC2)cc1. The van der Waals surface area contributed by atoms with Gasteiger partial charge in [-0.3, -0.25) is 14.9 Å². The van der Waals surface area contributed by atoms with Gasteiger partial charge >= 0.3 is 0 Å². The molecule has 2 N–H and O–H groups in total. The maximum atomic E-state index is 11.7. The number of fused-ring (bicyclic) bond motifs is 1. The monoisotopic (exact) mass is 424 g/mol. The second-order valence-corrected chi connectivity index (χ2v) is 9.05. The molecule has 4 rings (SSSR count). The summed E-state index contributed by atoms with van der Waals surface area (Å²) in [5.74, 6) is 0.426. The maximum Gasteiger partial charge on any atom is 0.284 e. The molecule has 1 fully saturated rings. The number of nitrogens with zero attached hydrogens (tertiary/aromatic N) is 1. The first-order valence-electron chi connectivity index (χ1n) is 10.5. The summed E-state index contributed by atoms with van der Waals surface area (Å²) in [7, 11) is 1.69. The lowest BCUT2D eigenvalue weighted by molar-refractivity contribution is 0.0711. The van der Waals surface area contributed by atoms with Gasteiger partial charge in [-0.05, 0) is 53.6 Å². The van der Waals surface area contributed by atoms with Crippen molar-refractivity contribution in [1.82, 2.24) is 10.4 Å². The maximum absolute atomic E-state index is 11.7. The zero-order valence-corrected chi connectivity index (χ0v) is 18.1. The zero-order chi connectivity index (χ0) is 20.9. The number of hydrogen-bond donors (Lipinski definition) is 2. The van der Waals surface area contributed by atoms with E-state index < -0.39 is 5.91 Å². The number of thiophene rings is 1. The highest BCUT2D eigenvalue weighted by atomic mass is 32.1. The second-order valence-electron chi connectivity index (χ2n) is 7.97. The smallest absolute Gasteiger partial charge is 0.284 e. The summed E-state index contributed by atoms with van der Waals surface area (Å²) in [6.45, 7) is 1.79. The summed E-state index contributed by atoms with van der Waals surface area (Å²) in [5, 5.41) is 9.93. The number of hydroxylamine groups is 1. The van der Waals surface area contributed by atoms with E-state index in [9.17, 15) is 4.79 Å². The van der Waals surface area contributed by atoms with Crippen LogP contribution in [0.3, 0.4) is 0 Å². The van der Waals surface area contributed by atoms with Crippen molar-refractivity contribution in [1.29, 1.82) is 0 Å². The van der Waals surface area contributed by atoms with Gasteiger partial charge < -0.3 is 4.74 Å². The van der Waals surface area contributed by atoms with Crippen molar-refractivity contribution in [2.75, 3.05) is 7.11 Å². The van der Waals surface area contributed by atoms with Gasteiger partial charge in [0.2, 0.25) is 0 Å². The average molecular weight is 425 g/mol. The Balaban J connectivity index is 1.56. The Morgan fingerprint density at radius 2 is 1.77 bits per heavy atom. The first kappa shape index (κ1) is 20.8. The number of carbonyl (C=O) groups excluding carboxylic acids is 1. The fourth-order valence-corrected chi connectivity index (χ4v) is 5.32. The zero-order valence-electron chi connectivity index (χ0n) is 17.3. The Morgan fingerprint density at radius 3 is 2.47 bits per heavy atom. The number of hydrogen-bond acceptors (Lipinski definition) is 5. The molecule has 0 atom stereocenters. The summed E-state index contributed by atoms with van der Waals surface area (Å²) in [6.07, 6.45) is 6.43. The van der Waals surface area contributed by atoms with Crippen molar-refractivity contribution in [3.8, 4) is 5.75 Å². The number of methoxy groups -OCH3 is 1. The third-order valence-electron chi connectivity index (χ3n) is 5.93. The first-order valence-corrected chi connectivity index (χ1v) is 11.3. The number of rotatable bonds is 7. The molecule has 3 aromatic rings. The highest BCUT2D eigenvalue weighted by molar-refractivity contribution is 7.20. The Kier molecular flexibility index (Phi) is 6.67. The molecule has 0 bridgehead atoms. The Morgan fingerprint density at radius 1 is 1.07 bits per heavy atom. The number of carbonyl (C=O) groups is 1. The van der Waals surface area contributed by atoms with Crippen LogP contribution in [0.1, 0.15) is 52.9 Å². The van der Waals surface area contributed by atoms with Crippen LogP contribution in [0.25, 0.3) is 10.1 Å². The molecule has 0 radical (unpaired) electrons. The molecule has 1 saturated carbocycles. The Bertz CT molecular complexity index is 993. The lowest BCUT2D eigenvalue weighted by Gasteiger charge is -2.34. The molecule has 5 nitrogen and oxygen atoms in total. The summed E-state index contributed by atoms with van der Waals surface area (Å²) < 4.78 is 6.37. The molecular formula is C24H28N2O3S. The number of amides is 1. The minimum Gasteiger partial charge on any atom is -0.497 e. The van der Waals surface area contributed by atoms with E-state index in [-0.39, 0.29) is 0 Å². The minimum atomic E-state index is -0.457. The summed E-state index contributed by atoms with van der Waals surface area (Å²) in [4.78, 5) is 14.8. The van der Waals surface area contributed by atoms with Crippen molar-refractivity contribution in [2.45, 2.75) is 51.2 Å².